The number of nitrogens with two attached hydrogens (primary N) is 1. The van der Waals surface area contributed by atoms with Gasteiger partial charge in [0.2, 0.25) is 0 Å². The first kappa shape index (κ1) is 10.4. The number of anilines is 1. The van der Waals surface area contributed by atoms with E-state index in [-0.39, 0.29) is 5.88 Å². The van der Waals surface area contributed by atoms with Crippen molar-refractivity contribution in [1.29, 1.82) is 0 Å². The molecule has 0 fully saturated rings. The van der Waals surface area contributed by atoms with Crippen molar-refractivity contribution in [2.75, 3.05) is 5.73 Å². The van der Waals surface area contributed by atoms with E-state index in [1.54, 1.807) is 17.5 Å². The highest BCUT2D eigenvalue weighted by atomic mass is 32.1. The van der Waals surface area contributed by atoms with Gasteiger partial charge in [-0.2, -0.15) is 0 Å². The van der Waals surface area contributed by atoms with Crippen molar-refractivity contribution in [2.45, 2.75) is 0 Å². The van der Waals surface area contributed by atoms with Crippen LogP contribution < -0.4 is 5.73 Å². The third kappa shape index (κ3) is 2.26. The number of hydrogen-bond donors (Lipinski definition) is 1. The van der Waals surface area contributed by atoms with Crippen LogP contribution in [0.5, 0.6) is 0 Å². The first-order valence-electron chi connectivity index (χ1n) is 4.28. The summed E-state index contributed by atoms with van der Waals surface area (Å²) in [7, 11) is 0. The van der Waals surface area contributed by atoms with Gasteiger partial charge in [0.15, 0.2) is 5.13 Å². The van der Waals surface area contributed by atoms with Crippen LogP contribution >= 0.6 is 11.3 Å². The molecule has 2 rings (SSSR count). The zero-order valence-corrected chi connectivity index (χ0v) is 8.81. The maximum atomic E-state index is 10.4. The normalized spacial score (nSPS) is 11.0. The molecule has 0 aliphatic carbocycles. The summed E-state index contributed by atoms with van der Waals surface area (Å²) in [5.74, 6) is 0.121. The Labute approximate surface area is 94.2 Å². The lowest BCUT2D eigenvalue weighted by Crippen LogP contribution is -1.82. The summed E-state index contributed by atoms with van der Waals surface area (Å²) >= 11 is 1.33. The molecule has 0 unspecified atom stereocenters. The molecular formula is C9H7N3O3S. The van der Waals surface area contributed by atoms with Crippen molar-refractivity contribution < 1.29 is 9.34 Å². The molecule has 0 aliphatic rings. The Morgan fingerprint density at radius 1 is 1.50 bits per heavy atom. The van der Waals surface area contributed by atoms with Crippen LogP contribution in [0.25, 0.3) is 12.2 Å². The average Bonchev–Trinajstić information content (AvgIpc) is 2.83. The van der Waals surface area contributed by atoms with E-state index in [1.807, 2.05) is 0 Å². The molecule has 2 aromatic heterocycles. The number of rotatable bonds is 3. The first-order chi connectivity index (χ1) is 7.65. The fourth-order valence-corrected chi connectivity index (χ4v) is 1.61. The molecule has 0 saturated carbocycles. The molecule has 0 aliphatic heterocycles. The van der Waals surface area contributed by atoms with E-state index in [0.717, 1.165) is 0 Å². The van der Waals surface area contributed by atoms with Gasteiger partial charge in [-0.1, -0.05) is 0 Å². The van der Waals surface area contributed by atoms with E-state index < -0.39 is 4.92 Å². The summed E-state index contributed by atoms with van der Waals surface area (Å²) in [6.45, 7) is 0. The van der Waals surface area contributed by atoms with Crippen LogP contribution in [0.1, 0.15) is 11.5 Å². The van der Waals surface area contributed by atoms with E-state index in [9.17, 15) is 10.1 Å². The van der Waals surface area contributed by atoms with Gasteiger partial charge in [0.25, 0.3) is 0 Å². The molecule has 2 aromatic rings. The molecule has 0 radical (unpaired) electrons. The van der Waals surface area contributed by atoms with E-state index >= 15 is 0 Å². The second kappa shape index (κ2) is 4.15. The van der Waals surface area contributed by atoms with Crippen molar-refractivity contribution in [2.24, 2.45) is 0 Å². The van der Waals surface area contributed by atoms with Crippen LogP contribution in [0, 0.1) is 10.1 Å². The lowest BCUT2D eigenvalue weighted by Gasteiger charge is -1.84. The molecule has 0 aromatic carbocycles. The summed E-state index contributed by atoms with van der Waals surface area (Å²) in [6, 6.07) is 2.82. The number of furan rings is 1. The number of nitrogen functional groups attached to an aromatic ring is 1. The molecule has 2 N–H and O–H groups in total. The van der Waals surface area contributed by atoms with Crippen LogP contribution in [-0.2, 0) is 0 Å². The summed E-state index contributed by atoms with van der Waals surface area (Å²) in [4.78, 5) is 13.8. The third-order valence-corrected chi connectivity index (χ3v) is 2.44. The molecule has 0 saturated heterocycles. The molecular weight excluding hydrogens is 230 g/mol. The van der Waals surface area contributed by atoms with Crippen LogP contribution in [0.15, 0.2) is 21.9 Å². The SMILES string of the molecule is Nc1nc(/C=C/c2ccc([N+](=O)[O-])o2)cs1. The number of thiazole rings is 1. The fraction of sp³-hybridized carbons (Fsp3) is 0. The smallest absolute Gasteiger partial charge is 0.401 e. The lowest BCUT2D eigenvalue weighted by atomic mass is 10.3. The fourth-order valence-electron chi connectivity index (χ4n) is 1.07. The van der Waals surface area contributed by atoms with Crippen LogP contribution in [0.3, 0.4) is 0 Å². The van der Waals surface area contributed by atoms with Crippen molar-refractivity contribution in [1.82, 2.24) is 4.98 Å². The summed E-state index contributed by atoms with van der Waals surface area (Å²) < 4.78 is 4.93. The Morgan fingerprint density at radius 3 is 2.88 bits per heavy atom. The first-order valence-corrected chi connectivity index (χ1v) is 5.16. The molecule has 0 atom stereocenters. The van der Waals surface area contributed by atoms with Crippen LogP contribution in [0.4, 0.5) is 11.0 Å². The Morgan fingerprint density at radius 2 is 2.31 bits per heavy atom. The largest absolute Gasteiger partial charge is 0.433 e. The Balaban J connectivity index is 2.14. The molecule has 0 spiro atoms. The number of hydrogen-bond acceptors (Lipinski definition) is 6. The minimum absolute atomic E-state index is 0.280. The minimum Gasteiger partial charge on any atom is -0.401 e. The highest BCUT2D eigenvalue weighted by Gasteiger charge is 2.09. The van der Waals surface area contributed by atoms with Crippen LogP contribution in [-0.4, -0.2) is 9.91 Å². The molecule has 2 heterocycles. The second-order valence-electron chi connectivity index (χ2n) is 2.88. The highest BCUT2D eigenvalue weighted by molar-refractivity contribution is 7.13. The van der Waals surface area contributed by atoms with Gasteiger partial charge in [0.05, 0.1) is 11.8 Å². The van der Waals surface area contributed by atoms with Gasteiger partial charge in [-0.15, -0.1) is 11.3 Å². The van der Waals surface area contributed by atoms with Crippen LogP contribution in [0.2, 0.25) is 0 Å². The van der Waals surface area contributed by atoms with Gasteiger partial charge in [-0.05, 0) is 18.2 Å². The third-order valence-electron chi connectivity index (χ3n) is 1.75. The van der Waals surface area contributed by atoms with E-state index in [0.29, 0.717) is 16.6 Å². The van der Waals surface area contributed by atoms with E-state index in [1.165, 1.54) is 23.5 Å². The second-order valence-corrected chi connectivity index (χ2v) is 3.77. The van der Waals surface area contributed by atoms with Gasteiger partial charge < -0.3 is 10.2 Å². The van der Waals surface area contributed by atoms with Crippen molar-refractivity contribution in [3.05, 3.63) is 39.1 Å². The molecule has 16 heavy (non-hydrogen) atoms. The summed E-state index contributed by atoms with van der Waals surface area (Å²) in [6.07, 6.45) is 3.27. The predicted octanol–water partition coefficient (Wildman–Crippen LogP) is 2.40. The highest BCUT2D eigenvalue weighted by Crippen LogP contribution is 2.18. The lowest BCUT2D eigenvalue weighted by molar-refractivity contribution is -0.402. The molecule has 0 amide bonds. The number of nitro groups is 1. The van der Waals surface area contributed by atoms with E-state index in [2.05, 4.69) is 4.98 Å². The monoisotopic (exact) mass is 237 g/mol. The maximum Gasteiger partial charge on any atom is 0.433 e. The van der Waals surface area contributed by atoms with Gasteiger partial charge in [0, 0.05) is 5.38 Å². The standard InChI is InChI=1S/C9H7N3O3S/c10-9-11-6(5-16-9)1-2-7-3-4-8(15-7)12(13)14/h1-5H,(H2,10,11)/b2-1+. The Kier molecular flexibility index (Phi) is 2.69. The minimum atomic E-state index is -0.585. The maximum absolute atomic E-state index is 10.4. The Bertz CT molecular complexity index is 544. The van der Waals surface area contributed by atoms with Crippen molar-refractivity contribution in [3.63, 3.8) is 0 Å². The van der Waals surface area contributed by atoms with Crippen molar-refractivity contribution in [3.8, 4) is 0 Å². The van der Waals surface area contributed by atoms with Gasteiger partial charge in [0.1, 0.15) is 10.7 Å². The van der Waals surface area contributed by atoms with Gasteiger partial charge in [-0.3, -0.25) is 10.1 Å². The van der Waals surface area contributed by atoms with E-state index in [4.69, 9.17) is 10.2 Å². The quantitative estimate of drug-likeness (QED) is 0.653. The van der Waals surface area contributed by atoms with Crippen molar-refractivity contribution >= 4 is 34.5 Å². The Hall–Kier alpha value is -2.15. The summed E-state index contributed by atoms with van der Waals surface area (Å²) in [5, 5.41) is 12.6. The molecule has 6 nitrogen and oxygen atoms in total. The number of nitrogens with zero attached hydrogens (tertiary/aromatic N) is 2. The van der Waals surface area contributed by atoms with Gasteiger partial charge in [-0.25, -0.2) is 4.98 Å². The predicted molar refractivity (Wildman–Crippen MR) is 60.8 cm³/mol. The molecule has 7 heteroatoms. The molecule has 0 bridgehead atoms. The topological polar surface area (TPSA) is 95.2 Å². The molecule has 82 valence electrons. The zero-order valence-electron chi connectivity index (χ0n) is 7.99. The zero-order chi connectivity index (χ0) is 11.5. The average molecular weight is 237 g/mol. The number of aromatic nitrogens is 1. The van der Waals surface area contributed by atoms with Gasteiger partial charge >= 0.3 is 5.88 Å². The summed E-state index contributed by atoms with van der Waals surface area (Å²) in [5.41, 5.74) is 6.15.